The molecule has 1 aromatic heterocycles. The largest absolute Gasteiger partial charge is 0.756 e. The number of aromatic amines is 1. The predicted molar refractivity (Wildman–Crippen MR) is 60.0 cm³/mol. The van der Waals surface area contributed by atoms with Crippen LogP contribution in [0.1, 0.15) is 6.23 Å². The fourth-order valence-corrected chi connectivity index (χ4v) is 3.11. The summed E-state index contributed by atoms with van der Waals surface area (Å²) in [5.41, 5.74) is 4.81. The Kier molecular flexibility index (Phi) is 3.16. The van der Waals surface area contributed by atoms with E-state index >= 15 is 0 Å². The van der Waals surface area contributed by atoms with Crippen molar-refractivity contribution < 1.29 is 32.9 Å². The average Bonchev–Trinajstić information content (AvgIpc) is 2.58. The minimum atomic E-state index is -4.53. The molecule has 2 saturated heterocycles. The molecule has 2 fully saturated rings. The lowest BCUT2D eigenvalue weighted by atomic mass is 10.1. The quantitative estimate of drug-likeness (QED) is 0.377. The Morgan fingerprint density at radius 3 is 3.05 bits per heavy atom. The van der Waals surface area contributed by atoms with Crippen molar-refractivity contribution in [3.05, 3.63) is 22.7 Å². The number of ether oxygens (including phenoxy) is 1. The van der Waals surface area contributed by atoms with Gasteiger partial charge in [-0.3, -0.25) is 4.57 Å². The lowest BCUT2D eigenvalue weighted by molar-refractivity contribution is -0.779. The van der Waals surface area contributed by atoms with Crippen LogP contribution < -0.4 is 20.9 Å². The predicted octanol–water partition coefficient (Wildman–Crippen LogP) is -2.61. The molecule has 1 aromatic rings. The Bertz CT molecular complexity index is 634. The molecule has 0 amide bonds. The van der Waals surface area contributed by atoms with Crippen LogP contribution >= 0.6 is 7.82 Å². The zero-order valence-corrected chi connectivity index (χ0v) is 10.9. The van der Waals surface area contributed by atoms with Crippen molar-refractivity contribution in [2.24, 2.45) is 0 Å². The number of nitrogens with zero attached hydrogens (tertiary/aromatic N) is 1. The third-order valence-electron chi connectivity index (χ3n) is 3.14. The van der Waals surface area contributed by atoms with Gasteiger partial charge in [0.1, 0.15) is 18.4 Å². The van der Waals surface area contributed by atoms with E-state index in [1.807, 2.05) is 0 Å². The molecule has 0 aliphatic carbocycles. The summed E-state index contributed by atoms with van der Waals surface area (Å²) in [6, 6.07) is 1.40. The summed E-state index contributed by atoms with van der Waals surface area (Å²) < 4.78 is 27.2. The van der Waals surface area contributed by atoms with Crippen molar-refractivity contribution in [3.8, 4) is 0 Å². The van der Waals surface area contributed by atoms with Gasteiger partial charge in [0.15, 0.2) is 11.9 Å². The number of fused-ring (bicyclic) bond motifs is 2. The van der Waals surface area contributed by atoms with Crippen molar-refractivity contribution in [2.75, 3.05) is 12.3 Å². The first kappa shape index (κ1) is 13.7. The summed E-state index contributed by atoms with van der Waals surface area (Å²) in [4.78, 5) is 25.6. The van der Waals surface area contributed by atoms with E-state index in [4.69, 9.17) is 15.0 Å². The maximum absolute atomic E-state index is 11.8. The van der Waals surface area contributed by atoms with E-state index in [2.05, 4.69) is 9.51 Å². The van der Waals surface area contributed by atoms with Crippen molar-refractivity contribution in [3.63, 3.8) is 0 Å². The maximum Gasteiger partial charge on any atom is 0.499 e. The zero-order valence-electron chi connectivity index (χ0n) is 10.0. The second-order valence-electron chi connectivity index (χ2n) is 4.48. The molecule has 0 aromatic carbocycles. The van der Waals surface area contributed by atoms with Crippen molar-refractivity contribution in [1.29, 1.82) is 0 Å². The van der Waals surface area contributed by atoms with Crippen LogP contribution in [0.5, 0.6) is 0 Å². The highest BCUT2D eigenvalue weighted by Crippen LogP contribution is 2.48. The smallest absolute Gasteiger partial charge is 0.499 e. The monoisotopic (exact) mass is 305 g/mol. The number of rotatable bonds is 1. The number of nitrogen functional groups attached to an aromatic ring is 1. The molecule has 5 unspecified atom stereocenters. The fraction of sp³-hybridized carbons (Fsp3) is 0.556. The number of hydrogen-bond acceptors (Lipinski definition) is 8. The second-order valence-corrected chi connectivity index (χ2v) is 5.84. The first-order valence-corrected chi connectivity index (χ1v) is 7.21. The summed E-state index contributed by atoms with van der Waals surface area (Å²) in [7, 11) is -4.53. The number of aliphatic hydroxyl groups is 1. The van der Waals surface area contributed by atoms with Gasteiger partial charge in [0.05, 0.1) is 6.61 Å². The minimum absolute atomic E-state index is 0.142. The van der Waals surface area contributed by atoms with E-state index in [9.17, 15) is 19.4 Å². The third kappa shape index (κ3) is 2.26. The molecule has 3 heterocycles. The number of phosphoric ester groups is 1. The number of anilines is 1. The molecule has 2 bridgehead atoms. The van der Waals surface area contributed by atoms with Gasteiger partial charge in [-0.05, 0) is 0 Å². The number of phosphoric acid groups is 1. The van der Waals surface area contributed by atoms with Crippen molar-refractivity contribution in [2.45, 2.75) is 24.5 Å². The lowest BCUT2D eigenvalue weighted by Gasteiger charge is -2.27. The number of nitrogens with one attached hydrogen (secondary N) is 1. The van der Waals surface area contributed by atoms with E-state index in [1.54, 1.807) is 0 Å². The summed E-state index contributed by atoms with van der Waals surface area (Å²) in [6.07, 6.45) is -3.16. The van der Waals surface area contributed by atoms with Gasteiger partial charge >= 0.3 is 5.69 Å². The maximum atomic E-state index is 11.8. The van der Waals surface area contributed by atoms with Crippen LogP contribution in [0.4, 0.5) is 5.82 Å². The van der Waals surface area contributed by atoms with Crippen LogP contribution in [-0.4, -0.2) is 35.0 Å². The molecule has 2 aliphatic rings. The number of aromatic nitrogens is 2. The lowest BCUT2D eigenvalue weighted by Crippen LogP contribution is -2.58. The summed E-state index contributed by atoms with van der Waals surface area (Å²) in [5.74, 6) is 0.142. The SMILES string of the molecule is Nc1cc[n+](C2OC3COP(=O)([O-])OC2C3O)c(=O)[nH]1. The molecule has 2 aliphatic heterocycles. The Hall–Kier alpha value is -1.29. The van der Waals surface area contributed by atoms with E-state index in [0.29, 0.717) is 0 Å². The van der Waals surface area contributed by atoms with Crippen LogP contribution in [0, 0.1) is 0 Å². The van der Waals surface area contributed by atoms with Crippen molar-refractivity contribution in [1.82, 2.24) is 4.98 Å². The molecule has 10 nitrogen and oxygen atoms in total. The number of nitrogens with two attached hydrogens (primary N) is 1. The highest BCUT2D eigenvalue weighted by Gasteiger charge is 2.52. The molecule has 110 valence electrons. The van der Waals surface area contributed by atoms with Gasteiger partial charge in [0, 0.05) is 6.07 Å². The molecule has 0 saturated carbocycles. The van der Waals surface area contributed by atoms with Crippen LogP contribution in [0.25, 0.3) is 0 Å². The van der Waals surface area contributed by atoms with Gasteiger partial charge in [-0.25, -0.2) is 0 Å². The second kappa shape index (κ2) is 4.62. The Morgan fingerprint density at radius 1 is 1.60 bits per heavy atom. The first-order valence-electron chi connectivity index (χ1n) is 5.75. The van der Waals surface area contributed by atoms with E-state index in [0.717, 1.165) is 4.57 Å². The average molecular weight is 305 g/mol. The minimum Gasteiger partial charge on any atom is -0.756 e. The molecule has 11 heteroatoms. The molecule has 5 atom stereocenters. The van der Waals surface area contributed by atoms with Gasteiger partial charge in [0.25, 0.3) is 7.82 Å². The van der Waals surface area contributed by atoms with E-state index < -0.39 is 38.1 Å². The molecule has 4 N–H and O–H groups in total. The molecular weight excluding hydrogens is 293 g/mol. The summed E-state index contributed by atoms with van der Waals surface area (Å²) in [6.45, 7) is -0.373. The van der Waals surface area contributed by atoms with Gasteiger partial charge in [0.2, 0.25) is 6.23 Å². The van der Waals surface area contributed by atoms with Gasteiger partial charge < -0.3 is 29.5 Å². The number of hydrogen-bond donors (Lipinski definition) is 3. The Morgan fingerprint density at radius 2 is 2.35 bits per heavy atom. The van der Waals surface area contributed by atoms with Crippen molar-refractivity contribution >= 4 is 13.6 Å². The molecular formula is C9H12N3O7P. The highest BCUT2D eigenvalue weighted by atomic mass is 31.2. The first-order chi connectivity index (χ1) is 9.37. The fourth-order valence-electron chi connectivity index (χ4n) is 2.20. The zero-order chi connectivity index (χ0) is 14.5. The van der Waals surface area contributed by atoms with Crippen LogP contribution in [0.2, 0.25) is 0 Å². The standard InChI is InChI=1S/C9H12N3O7P/c10-5-1-2-12(9(14)11-5)8-7-6(13)4(18-8)3-17-20(15,16)19-7/h1-2,4,6-8,13H,3H2,(H3,10,11,14,15,16). The highest BCUT2D eigenvalue weighted by molar-refractivity contribution is 7.45. The molecule has 0 radical (unpaired) electrons. The normalized spacial score (nSPS) is 40.5. The van der Waals surface area contributed by atoms with Crippen LogP contribution in [0.15, 0.2) is 17.1 Å². The molecule has 0 spiro atoms. The van der Waals surface area contributed by atoms with E-state index in [-0.39, 0.29) is 12.4 Å². The summed E-state index contributed by atoms with van der Waals surface area (Å²) >= 11 is 0. The van der Waals surface area contributed by atoms with Crippen LogP contribution in [-0.2, 0) is 18.3 Å². The Balaban J connectivity index is 1.99. The third-order valence-corrected chi connectivity index (χ3v) is 4.10. The van der Waals surface area contributed by atoms with Gasteiger partial charge in [-0.1, -0.05) is 0 Å². The topological polar surface area (TPSA) is 151 Å². The van der Waals surface area contributed by atoms with Gasteiger partial charge in [-0.15, -0.1) is 0 Å². The summed E-state index contributed by atoms with van der Waals surface area (Å²) in [5, 5.41) is 9.96. The van der Waals surface area contributed by atoms with Crippen LogP contribution in [0.3, 0.4) is 0 Å². The van der Waals surface area contributed by atoms with E-state index in [1.165, 1.54) is 12.3 Å². The molecule has 3 rings (SSSR count). The molecule has 20 heavy (non-hydrogen) atoms. The Labute approximate surface area is 112 Å². The number of aliphatic hydroxyl groups excluding tert-OH is 1. The number of H-pyrrole nitrogens is 1. The van der Waals surface area contributed by atoms with Gasteiger partial charge in [-0.2, -0.15) is 14.3 Å².